The maximum Gasteiger partial charge on any atom is 0.417 e. The molecular weight excluding hydrogens is 430 g/mol. The van der Waals surface area contributed by atoms with E-state index in [0.717, 1.165) is 0 Å². The summed E-state index contributed by atoms with van der Waals surface area (Å²) in [7, 11) is -4.11. The predicted octanol–water partition coefficient (Wildman–Crippen LogP) is 3.21. The third kappa shape index (κ3) is 6.43. The summed E-state index contributed by atoms with van der Waals surface area (Å²) in [6.45, 7) is -0.980. The number of alkyl halides is 3. The monoisotopic (exact) mass is 441 g/mol. The Morgan fingerprint density at radius 2 is 1.74 bits per heavy atom. The summed E-state index contributed by atoms with van der Waals surface area (Å²) < 4.78 is 65.5. The van der Waals surface area contributed by atoms with E-state index in [0.29, 0.717) is 17.3 Å². The maximum absolute atomic E-state index is 12.6. The van der Waals surface area contributed by atoms with E-state index in [2.05, 4.69) is 4.98 Å². The van der Waals surface area contributed by atoms with Gasteiger partial charge in [-0.15, -0.1) is 0 Å². The highest BCUT2D eigenvalue weighted by Gasteiger charge is 2.31. The van der Waals surface area contributed by atoms with Gasteiger partial charge in [0.25, 0.3) is 10.2 Å². The van der Waals surface area contributed by atoms with Crippen LogP contribution in [-0.2, 0) is 22.9 Å². The molecule has 0 fully saturated rings. The molecule has 12 heteroatoms. The molecule has 6 nitrogen and oxygen atoms in total. The van der Waals surface area contributed by atoms with Gasteiger partial charge in [-0.1, -0.05) is 23.2 Å². The molecule has 146 valence electrons. The number of ketones is 1. The molecule has 0 aliphatic carbocycles. The minimum absolute atomic E-state index is 0.0981. The average molecular weight is 442 g/mol. The number of pyridine rings is 1. The summed E-state index contributed by atoms with van der Waals surface area (Å²) >= 11 is 11.4. The number of Topliss-reactive ketones (excluding diaryl/α,β-unsaturated/α-hetero) is 1. The van der Waals surface area contributed by atoms with Gasteiger partial charge in [0.1, 0.15) is 0 Å². The third-order valence-electron chi connectivity index (χ3n) is 3.26. The van der Waals surface area contributed by atoms with E-state index in [9.17, 15) is 26.4 Å². The van der Waals surface area contributed by atoms with Gasteiger partial charge in [0, 0.05) is 16.8 Å². The Hall–Kier alpha value is -1.72. The number of nitrogens with one attached hydrogen (secondary N) is 2. The molecule has 2 rings (SSSR count). The Labute approximate surface area is 162 Å². The van der Waals surface area contributed by atoms with E-state index in [-0.39, 0.29) is 16.3 Å². The number of hydrogen-bond acceptors (Lipinski definition) is 4. The first-order chi connectivity index (χ1) is 12.5. The lowest BCUT2D eigenvalue weighted by Crippen LogP contribution is -2.39. The molecule has 0 saturated carbocycles. The zero-order valence-electron chi connectivity index (χ0n) is 13.3. The molecule has 1 aromatic heterocycles. The fraction of sp³-hybridized carbons (Fsp3) is 0.200. The topological polar surface area (TPSA) is 88.2 Å². The Morgan fingerprint density at radius 3 is 2.30 bits per heavy atom. The van der Waals surface area contributed by atoms with Crippen LogP contribution in [0.25, 0.3) is 0 Å². The number of carbonyl (C=O) groups is 1. The Balaban J connectivity index is 1.95. The number of carbonyl (C=O) groups excluding carboxylic acids is 1. The van der Waals surface area contributed by atoms with Crippen molar-refractivity contribution < 1.29 is 26.4 Å². The van der Waals surface area contributed by atoms with Crippen molar-refractivity contribution in [1.82, 2.24) is 14.4 Å². The van der Waals surface area contributed by atoms with Crippen LogP contribution in [-0.4, -0.2) is 25.7 Å². The quantitative estimate of drug-likeness (QED) is 0.645. The molecule has 0 atom stereocenters. The summed E-state index contributed by atoms with van der Waals surface area (Å²) in [5.74, 6) is -0.497. The molecule has 27 heavy (non-hydrogen) atoms. The summed E-state index contributed by atoms with van der Waals surface area (Å²) in [5, 5.41) is 0.0829. The van der Waals surface area contributed by atoms with E-state index >= 15 is 0 Å². The molecule has 2 aromatic rings. The van der Waals surface area contributed by atoms with Gasteiger partial charge in [-0.3, -0.25) is 9.78 Å². The first kappa shape index (κ1) is 21.6. The van der Waals surface area contributed by atoms with Crippen LogP contribution in [0.5, 0.6) is 0 Å². The second kappa shape index (κ2) is 8.53. The number of benzene rings is 1. The van der Waals surface area contributed by atoms with Crippen molar-refractivity contribution in [2.75, 3.05) is 6.54 Å². The lowest BCUT2D eigenvalue weighted by atomic mass is 10.1. The van der Waals surface area contributed by atoms with Crippen LogP contribution in [0.4, 0.5) is 13.2 Å². The number of nitrogens with zero attached hydrogens (tertiary/aromatic N) is 1. The maximum atomic E-state index is 12.6. The average Bonchev–Trinajstić information content (AvgIpc) is 2.58. The van der Waals surface area contributed by atoms with E-state index in [4.69, 9.17) is 23.2 Å². The highest BCUT2D eigenvalue weighted by atomic mass is 35.5. The smallest absolute Gasteiger partial charge is 0.293 e. The van der Waals surface area contributed by atoms with Crippen molar-refractivity contribution in [3.63, 3.8) is 0 Å². The zero-order chi connectivity index (χ0) is 20.2. The lowest BCUT2D eigenvalue weighted by Gasteiger charge is -2.11. The molecule has 1 heterocycles. The first-order valence-corrected chi connectivity index (χ1v) is 9.46. The van der Waals surface area contributed by atoms with E-state index in [1.54, 1.807) is 0 Å². The largest absolute Gasteiger partial charge is 0.417 e. The Morgan fingerprint density at radius 1 is 1.11 bits per heavy atom. The van der Waals surface area contributed by atoms with Crippen LogP contribution in [0, 0.1) is 0 Å². The van der Waals surface area contributed by atoms with Gasteiger partial charge in [-0.05, 0) is 30.3 Å². The van der Waals surface area contributed by atoms with Gasteiger partial charge < -0.3 is 0 Å². The Bertz CT molecular complexity index is 936. The number of aromatic nitrogens is 1. The number of rotatable bonds is 7. The normalized spacial score (nSPS) is 12.2. The van der Waals surface area contributed by atoms with Gasteiger partial charge in [-0.2, -0.15) is 31.0 Å². The van der Waals surface area contributed by atoms with Crippen LogP contribution in [0.15, 0.2) is 36.5 Å². The minimum atomic E-state index is -4.61. The molecule has 2 N–H and O–H groups in total. The molecule has 0 spiro atoms. The molecule has 0 unspecified atom stereocenters. The van der Waals surface area contributed by atoms with Gasteiger partial charge in [-0.25, -0.2) is 0 Å². The minimum Gasteiger partial charge on any atom is -0.293 e. The molecule has 0 aliphatic rings. The summed E-state index contributed by atoms with van der Waals surface area (Å²) in [5.41, 5.74) is -0.889. The fourth-order valence-corrected chi connectivity index (χ4v) is 2.97. The summed E-state index contributed by atoms with van der Waals surface area (Å²) in [6.07, 6.45) is -4.06. The van der Waals surface area contributed by atoms with Gasteiger partial charge in [0.15, 0.2) is 5.78 Å². The van der Waals surface area contributed by atoms with Crippen molar-refractivity contribution in [3.8, 4) is 0 Å². The van der Waals surface area contributed by atoms with Crippen LogP contribution in [0.2, 0.25) is 10.0 Å². The van der Waals surface area contributed by atoms with Gasteiger partial charge in [0.05, 0.1) is 29.4 Å². The first-order valence-electron chi connectivity index (χ1n) is 7.22. The molecule has 0 aliphatic heterocycles. The standard InChI is InChI=1S/C15H12Cl2F3N3O3S/c16-11-3-1-9(2-4-11)14(24)8-23-27(25,26)22-7-13-12(17)5-10(6-21-13)15(18,19)20/h1-6,22-23H,7-8H2. The van der Waals surface area contributed by atoms with Gasteiger partial charge in [0.2, 0.25) is 0 Å². The SMILES string of the molecule is O=C(CNS(=O)(=O)NCc1ncc(C(F)(F)F)cc1Cl)c1ccc(Cl)cc1. The number of halogens is 5. The van der Waals surface area contributed by atoms with Crippen LogP contribution in [0.3, 0.4) is 0 Å². The van der Waals surface area contributed by atoms with Gasteiger partial charge >= 0.3 is 6.18 Å². The van der Waals surface area contributed by atoms with Crippen molar-refractivity contribution in [2.24, 2.45) is 0 Å². The van der Waals surface area contributed by atoms with Crippen molar-refractivity contribution in [1.29, 1.82) is 0 Å². The molecule has 0 bridgehead atoms. The van der Waals surface area contributed by atoms with E-state index < -0.39 is 40.8 Å². The second-order valence-electron chi connectivity index (χ2n) is 5.23. The van der Waals surface area contributed by atoms with Crippen molar-refractivity contribution in [3.05, 3.63) is 63.4 Å². The van der Waals surface area contributed by atoms with E-state index in [1.807, 2.05) is 9.44 Å². The highest BCUT2D eigenvalue weighted by Crippen LogP contribution is 2.30. The van der Waals surface area contributed by atoms with E-state index in [1.165, 1.54) is 24.3 Å². The molecule has 0 amide bonds. The zero-order valence-corrected chi connectivity index (χ0v) is 15.7. The third-order valence-corrected chi connectivity index (χ3v) is 4.89. The number of hydrogen-bond donors (Lipinski definition) is 2. The lowest BCUT2D eigenvalue weighted by molar-refractivity contribution is -0.137. The second-order valence-corrected chi connectivity index (χ2v) is 7.65. The van der Waals surface area contributed by atoms with Crippen molar-refractivity contribution in [2.45, 2.75) is 12.7 Å². The molecule has 1 aromatic carbocycles. The molecular formula is C15H12Cl2F3N3O3S. The molecule has 0 radical (unpaired) electrons. The van der Waals surface area contributed by atoms with Crippen molar-refractivity contribution >= 4 is 39.2 Å². The van der Waals surface area contributed by atoms with Crippen LogP contribution in [0.1, 0.15) is 21.6 Å². The summed E-state index contributed by atoms with van der Waals surface area (Å²) in [4.78, 5) is 15.4. The highest BCUT2D eigenvalue weighted by molar-refractivity contribution is 7.87. The van der Waals surface area contributed by atoms with Crippen LogP contribution >= 0.6 is 23.2 Å². The van der Waals surface area contributed by atoms with Crippen LogP contribution < -0.4 is 9.44 Å². The Kier molecular flexibility index (Phi) is 6.82. The fourth-order valence-electron chi connectivity index (χ4n) is 1.86. The summed E-state index contributed by atoms with van der Waals surface area (Å²) in [6, 6.07) is 6.51. The molecule has 0 saturated heterocycles. The predicted molar refractivity (Wildman–Crippen MR) is 93.8 cm³/mol.